The standard InChI is InChI=1S/C24H38N6/c1-2-12-29-24(8-1)20-28-19-22-6-3-7-23(18-22)21-30-16-5-11-26-14-13-25-9-4-10-27-15-17-30/h1-3,6-8,12,18,25-28H,4-5,9-11,13-17,19-21H2/p+3. The first kappa shape index (κ1) is 22.8. The number of hydrogen-bond donors (Lipinski definition) is 4. The molecular weight excluding hydrogens is 372 g/mol. The monoisotopic (exact) mass is 413 g/mol. The Bertz CT molecular complexity index is 679. The summed E-state index contributed by atoms with van der Waals surface area (Å²) in [6.45, 7) is 12.5. The van der Waals surface area contributed by atoms with E-state index in [1.54, 1.807) is 0 Å². The Morgan fingerprint density at radius 2 is 1.77 bits per heavy atom. The number of pyridine rings is 1. The van der Waals surface area contributed by atoms with Crippen molar-refractivity contribution in [3.8, 4) is 0 Å². The Morgan fingerprint density at radius 3 is 2.70 bits per heavy atom. The largest absolute Gasteiger partial charge is 0.345 e. The molecule has 1 aliphatic heterocycles. The number of benzene rings is 1. The maximum atomic E-state index is 4.41. The van der Waals surface area contributed by atoms with Crippen LogP contribution in [0, 0.1) is 0 Å². The van der Waals surface area contributed by atoms with Gasteiger partial charge < -0.3 is 21.3 Å². The molecule has 1 saturated heterocycles. The molecule has 2 heterocycles. The van der Waals surface area contributed by atoms with Crippen molar-refractivity contribution in [3.05, 3.63) is 65.5 Å². The third-order valence-electron chi connectivity index (χ3n) is 5.68. The van der Waals surface area contributed by atoms with Crippen LogP contribution < -0.4 is 21.3 Å². The van der Waals surface area contributed by atoms with E-state index in [4.69, 9.17) is 0 Å². The second kappa shape index (κ2) is 14.2. The van der Waals surface area contributed by atoms with E-state index in [-0.39, 0.29) is 0 Å². The van der Waals surface area contributed by atoms with Gasteiger partial charge in [0.05, 0.1) is 31.9 Å². The zero-order chi connectivity index (χ0) is 20.7. The van der Waals surface area contributed by atoms with Gasteiger partial charge in [0.15, 0.2) is 0 Å². The maximum Gasteiger partial charge on any atom is 0.119 e. The van der Waals surface area contributed by atoms with Crippen LogP contribution in [0.15, 0.2) is 48.7 Å². The lowest BCUT2D eigenvalue weighted by Crippen LogP contribution is -2.87. The van der Waals surface area contributed by atoms with E-state index < -0.39 is 0 Å². The molecule has 30 heavy (non-hydrogen) atoms. The average Bonchev–Trinajstić information content (AvgIpc) is 2.77. The van der Waals surface area contributed by atoms with Crippen LogP contribution in [0.25, 0.3) is 0 Å². The van der Waals surface area contributed by atoms with Gasteiger partial charge in [-0.15, -0.1) is 0 Å². The van der Waals surface area contributed by atoms with E-state index >= 15 is 0 Å². The van der Waals surface area contributed by atoms with E-state index in [1.807, 2.05) is 12.3 Å². The minimum Gasteiger partial charge on any atom is -0.345 e. The van der Waals surface area contributed by atoms with Gasteiger partial charge >= 0.3 is 0 Å². The molecule has 3 rings (SSSR count). The first-order valence-corrected chi connectivity index (χ1v) is 11.8. The number of aromatic nitrogens is 1. The number of nitrogens with two attached hydrogens (primary N) is 3. The lowest BCUT2D eigenvalue weighted by molar-refractivity contribution is -0.686. The lowest BCUT2D eigenvalue weighted by atomic mass is 10.1. The van der Waals surface area contributed by atoms with E-state index in [0.29, 0.717) is 0 Å². The number of hydrogen-bond acceptors (Lipinski definition) is 3. The van der Waals surface area contributed by atoms with Gasteiger partial charge in [-0.1, -0.05) is 24.3 Å². The van der Waals surface area contributed by atoms with E-state index in [0.717, 1.165) is 38.4 Å². The molecule has 1 fully saturated rings. The Morgan fingerprint density at radius 1 is 0.867 bits per heavy atom. The molecule has 7 N–H and O–H groups in total. The van der Waals surface area contributed by atoms with Gasteiger partial charge in [-0.05, 0) is 23.8 Å². The summed E-state index contributed by atoms with van der Waals surface area (Å²) < 4.78 is 0. The van der Waals surface area contributed by atoms with Crippen molar-refractivity contribution in [1.82, 2.24) is 15.2 Å². The summed E-state index contributed by atoms with van der Waals surface area (Å²) in [6, 6.07) is 15.3. The van der Waals surface area contributed by atoms with Crippen LogP contribution in [0.3, 0.4) is 0 Å². The first-order chi connectivity index (χ1) is 14.9. The summed E-state index contributed by atoms with van der Waals surface area (Å²) in [5, 5.41) is 10.8. The summed E-state index contributed by atoms with van der Waals surface area (Å²) in [6.07, 6.45) is 4.39. The van der Waals surface area contributed by atoms with Crippen LogP contribution in [0.1, 0.15) is 29.7 Å². The van der Waals surface area contributed by atoms with Crippen LogP contribution in [-0.4, -0.2) is 62.2 Å². The van der Waals surface area contributed by atoms with Gasteiger partial charge in [-0.25, -0.2) is 0 Å². The second-order valence-corrected chi connectivity index (χ2v) is 8.30. The van der Waals surface area contributed by atoms with Crippen LogP contribution in [0.4, 0.5) is 0 Å². The fourth-order valence-electron chi connectivity index (χ4n) is 4.01. The summed E-state index contributed by atoms with van der Waals surface area (Å²) in [4.78, 5) is 7.06. The molecule has 0 saturated carbocycles. The maximum absolute atomic E-state index is 4.41. The van der Waals surface area contributed by atoms with Gasteiger partial charge in [-0.2, -0.15) is 0 Å². The molecule has 1 aliphatic rings. The Labute approximate surface area is 181 Å². The number of nitrogens with zero attached hydrogens (tertiary/aromatic N) is 2. The molecule has 0 atom stereocenters. The molecule has 0 radical (unpaired) electrons. The van der Waals surface area contributed by atoms with Crippen LogP contribution in [-0.2, 0) is 19.6 Å². The molecule has 0 aliphatic carbocycles. The molecule has 164 valence electrons. The van der Waals surface area contributed by atoms with Crippen LogP contribution >= 0.6 is 0 Å². The lowest BCUT2D eigenvalue weighted by Gasteiger charge is -2.22. The molecule has 0 spiro atoms. The molecule has 0 bridgehead atoms. The summed E-state index contributed by atoms with van der Waals surface area (Å²) in [5.74, 6) is 0. The van der Waals surface area contributed by atoms with Crippen molar-refractivity contribution < 1.29 is 16.0 Å². The van der Waals surface area contributed by atoms with E-state index in [9.17, 15) is 0 Å². The molecule has 1 aromatic heterocycles. The number of quaternary nitrogens is 3. The molecule has 6 heteroatoms. The van der Waals surface area contributed by atoms with Crippen molar-refractivity contribution >= 4 is 0 Å². The quantitative estimate of drug-likeness (QED) is 0.473. The molecular formula is C24H41N6+3. The molecule has 0 amide bonds. The number of rotatable bonds is 6. The molecule has 2 aromatic rings. The smallest absolute Gasteiger partial charge is 0.119 e. The van der Waals surface area contributed by atoms with Crippen molar-refractivity contribution in [3.63, 3.8) is 0 Å². The van der Waals surface area contributed by atoms with Gasteiger partial charge in [0.25, 0.3) is 0 Å². The molecule has 1 aromatic carbocycles. The van der Waals surface area contributed by atoms with Gasteiger partial charge in [0.2, 0.25) is 0 Å². The molecule has 6 nitrogen and oxygen atoms in total. The highest BCUT2D eigenvalue weighted by Gasteiger charge is 2.09. The highest BCUT2D eigenvalue weighted by molar-refractivity contribution is 5.22. The minimum absolute atomic E-state index is 0.930. The topological polar surface area (TPSA) is 78.0 Å². The fourth-order valence-corrected chi connectivity index (χ4v) is 4.01. The summed E-state index contributed by atoms with van der Waals surface area (Å²) >= 11 is 0. The average molecular weight is 414 g/mol. The predicted octanol–water partition coefficient (Wildman–Crippen LogP) is -1.34. The van der Waals surface area contributed by atoms with E-state index in [1.165, 1.54) is 63.2 Å². The van der Waals surface area contributed by atoms with Gasteiger partial charge in [0, 0.05) is 57.3 Å². The molecule has 0 unspecified atom stereocenters. The normalized spacial score (nSPS) is 18.0. The van der Waals surface area contributed by atoms with Crippen LogP contribution in [0.5, 0.6) is 0 Å². The van der Waals surface area contributed by atoms with Crippen molar-refractivity contribution in [2.75, 3.05) is 52.4 Å². The van der Waals surface area contributed by atoms with Crippen LogP contribution in [0.2, 0.25) is 0 Å². The van der Waals surface area contributed by atoms with Gasteiger partial charge in [-0.3, -0.25) is 9.88 Å². The zero-order valence-corrected chi connectivity index (χ0v) is 18.4. The van der Waals surface area contributed by atoms with Crippen molar-refractivity contribution in [1.29, 1.82) is 0 Å². The van der Waals surface area contributed by atoms with Crippen molar-refractivity contribution in [2.24, 2.45) is 0 Å². The number of nitrogens with one attached hydrogen (secondary N) is 1. The second-order valence-electron chi connectivity index (χ2n) is 8.30. The van der Waals surface area contributed by atoms with Gasteiger partial charge in [0.1, 0.15) is 13.1 Å². The fraction of sp³-hybridized carbons (Fsp3) is 0.542. The Hall–Kier alpha value is -1.83. The summed E-state index contributed by atoms with van der Waals surface area (Å²) in [7, 11) is 0. The Kier molecular flexibility index (Phi) is 10.8. The minimum atomic E-state index is 0.930. The zero-order valence-electron chi connectivity index (χ0n) is 18.4. The highest BCUT2D eigenvalue weighted by Crippen LogP contribution is 2.08. The Balaban J connectivity index is 1.47. The highest BCUT2D eigenvalue weighted by atomic mass is 15.1. The first-order valence-electron chi connectivity index (χ1n) is 11.8. The predicted molar refractivity (Wildman–Crippen MR) is 121 cm³/mol. The summed E-state index contributed by atoms with van der Waals surface area (Å²) in [5.41, 5.74) is 3.98. The SMILES string of the molecule is c1ccc(C[NH2+]Cc2cccc(CN3CCC[NH2+]CCNCCC[NH2+]CC3)c2)nc1. The van der Waals surface area contributed by atoms with Crippen molar-refractivity contribution in [2.45, 2.75) is 32.5 Å². The van der Waals surface area contributed by atoms with E-state index in [2.05, 4.69) is 67.5 Å². The third-order valence-corrected chi connectivity index (χ3v) is 5.68. The third kappa shape index (κ3) is 9.32.